The van der Waals surface area contributed by atoms with E-state index in [-0.39, 0.29) is 17.7 Å². The Hall–Kier alpha value is -3.95. The van der Waals surface area contributed by atoms with Crippen LogP contribution < -0.4 is 15.4 Å². The lowest BCUT2D eigenvalue weighted by Gasteiger charge is -2.19. The Bertz CT molecular complexity index is 1270. The van der Waals surface area contributed by atoms with E-state index in [1.54, 1.807) is 42.3 Å². The number of nitrogens with zero attached hydrogens (tertiary/aromatic N) is 5. The molecule has 10 heteroatoms. The minimum Gasteiger partial charge on any atom is -0.494 e. The predicted octanol–water partition coefficient (Wildman–Crippen LogP) is 4.10. The zero-order valence-electron chi connectivity index (χ0n) is 20.1. The van der Waals surface area contributed by atoms with Crippen LogP contribution in [0.15, 0.2) is 36.8 Å². The molecule has 182 valence electrons. The van der Waals surface area contributed by atoms with E-state index < -0.39 is 0 Å². The van der Waals surface area contributed by atoms with Crippen molar-refractivity contribution in [2.75, 3.05) is 30.8 Å². The van der Waals surface area contributed by atoms with E-state index >= 15 is 0 Å². The van der Waals surface area contributed by atoms with E-state index in [2.05, 4.69) is 32.6 Å². The molecule has 3 aromatic rings. The first-order valence-corrected chi connectivity index (χ1v) is 11.8. The summed E-state index contributed by atoms with van der Waals surface area (Å²) in [6.07, 6.45) is 5.92. The second kappa shape index (κ2) is 9.36. The van der Waals surface area contributed by atoms with Gasteiger partial charge in [0, 0.05) is 38.3 Å². The number of benzene rings is 1. The number of hydrogen-bond donors (Lipinski definition) is 2. The van der Waals surface area contributed by atoms with Gasteiger partial charge in [-0.25, -0.2) is 14.8 Å². The first-order chi connectivity index (χ1) is 16.9. The van der Waals surface area contributed by atoms with E-state index in [0.717, 1.165) is 37.9 Å². The average molecular weight is 476 g/mol. The molecule has 1 saturated heterocycles. The maximum Gasteiger partial charge on any atom is 0.323 e. The lowest BCUT2D eigenvalue weighted by Crippen LogP contribution is -2.33. The Morgan fingerprint density at radius 1 is 1.14 bits per heavy atom. The third kappa shape index (κ3) is 4.82. The third-order valence-electron chi connectivity index (χ3n) is 6.39. The predicted molar refractivity (Wildman–Crippen MR) is 132 cm³/mol. The van der Waals surface area contributed by atoms with Crippen molar-refractivity contribution < 1.29 is 14.3 Å². The number of ketones is 1. The molecule has 2 N–H and O–H groups in total. The van der Waals surface area contributed by atoms with Crippen LogP contribution >= 0.6 is 0 Å². The minimum absolute atomic E-state index is 0.0230. The molecule has 2 amide bonds. The van der Waals surface area contributed by atoms with Crippen LogP contribution in [0.2, 0.25) is 0 Å². The Morgan fingerprint density at radius 2 is 1.97 bits per heavy atom. The first kappa shape index (κ1) is 22.8. The number of carbonyl (C=O) groups is 2. The number of urea groups is 1. The molecule has 1 atom stereocenters. The summed E-state index contributed by atoms with van der Waals surface area (Å²) >= 11 is 0. The van der Waals surface area contributed by atoms with Crippen LogP contribution in [0.25, 0.3) is 11.4 Å². The van der Waals surface area contributed by atoms with Crippen molar-refractivity contribution in [2.45, 2.75) is 26.2 Å². The quantitative estimate of drug-likeness (QED) is 0.495. The number of amides is 2. The van der Waals surface area contributed by atoms with Crippen molar-refractivity contribution in [3.05, 3.63) is 42.4 Å². The maximum absolute atomic E-state index is 13.0. The van der Waals surface area contributed by atoms with Crippen LogP contribution in [0, 0.1) is 11.8 Å². The van der Waals surface area contributed by atoms with E-state index in [4.69, 9.17) is 4.74 Å². The van der Waals surface area contributed by atoms with E-state index in [1.807, 2.05) is 18.2 Å². The van der Waals surface area contributed by atoms with Crippen LogP contribution in [-0.2, 0) is 7.05 Å². The molecule has 1 unspecified atom stereocenters. The van der Waals surface area contributed by atoms with E-state index in [0.29, 0.717) is 40.2 Å². The molecule has 2 aliphatic rings. The molecular weight excluding hydrogens is 446 g/mol. The normalized spacial score (nSPS) is 17.3. The number of pyridine rings is 1. The fourth-order valence-electron chi connectivity index (χ4n) is 4.34. The van der Waals surface area contributed by atoms with Gasteiger partial charge in [0.2, 0.25) is 0 Å². The second-order valence-corrected chi connectivity index (χ2v) is 9.28. The molecular formula is C25H29N7O3. The number of methoxy groups -OCH3 is 1. The lowest BCUT2D eigenvalue weighted by atomic mass is 10.1. The number of aryl methyl sites for hydroxylation is 1. The van der Waals surface area contributed by atoms with Crippen molar-refractivity contribution in [1.82, 2.24) is 24.6 Å². The Kier molecular flexibility index (Phi) is 6.10. The summed E-state index contributed by atoms with van der Waals surface area (Å²) in [7, 11) is 3.38. The zero-order chi connectivity index (χ0) is 24.5. The Morgan fingerprint density at radius 3 is 2.63 bits per heavy atom. The second-order valence-electron chi connectivity index (χ2n) is 9.28. The molecule has 35 heavy (non-hydrogen) atoms. The van der Waals surface area contributed by atoms with Gasteiger partial charge in [-0.2, -0.15) is 5.10 Å². The largest absolute Gasteiger partial charge is 0.494 e. The van der Waals surface area contributed by atoms with Crippen molar-refractivity contribution >= 4 is 29.0 Å². The number of nitrogens with one attached hydrogen (secondary N) is 2. The highest BCUT2D eigenvalue weighted by Gasteiger charge is 2.32. The van der Waals surface area contributed by atoms with Gasteiger partial charge in [0.15, 0.2) is 17.4 Å². The summed E-state index contributed by atoms with van der Waals surface area (Å²) in [5.74, 6) is 2.02. The average Bonchev–Trinajstić information content (AvgIpc) is 3.47. The fraction of sp³-hybridized carbons (Fsp3) is 0.400. The van der Waals surface area contributed by atoms with Crippen molar-refractivity contribution in [2.24, 2.45) is 18.9 Å². The van der Waals surface area contributed by atoms with Gasteiger partial charge >= 0.3 is 6.03 Å². The molecule has 1 aliphatic carbocycles. The Balaban J connectivity index is 1.47. The van der Waals surface area contributed by atoms with Gasteiger partial charge in [-0.15, -0.1) is 0 Å². The molecule has 1 saturated carbocycles. The minimum atomic E-state index is -0.185. The smallest absolute Gasteiger partial charge is 0.323 e. The molecule has 2 aromatic heterocycles. The topological polar surface area (TPSA) is 114 Å². The molecule has 5 rings (SSSR count). The summed E-state index contributed by atoms with van der Waals surface area (Å²) < 4.78 is 7.34. The van der Waals surface area contributed by atoms with Crippen molar-refractivity contribution in [3.63, 3.8) is 0 Å². The van der Waals surface area contributed by atoms with Crippen molar-refractivity contribution in [3.8, 4) is 17.1 Å². The summed E-state index contributed by atoms with van der Waals surface area (Å²) in [5.41, 5.74) is 2.42. The highest BCUT2D eigenvalue weighted by Crippen LogP contribution is 2.39. The van der Waals surface area contributed by atoms with Gasteiger partial charge in [0.1, 0.15) is 12.1 Å². The molecule has 0 radical (unpaired) electrons. The first-order valence-electron chi connectivity index (χ1n) is 11.8. The molecule has 10 nitrogen and oxygen atoms in total. The highest BCUT2D eigenvalue weighted by molar-refractivity contribution is 6.05. The number of aromatic nitrogens is 4. The SMILES string of the molecule is COc1c(Nc2cc(NC(=O)N3CCC(C)C3)ncc2C(=O)C2CC2)cccc1-c1ncn(C)n1. The van der Waals surface area contributed by atoms with Gasteiger partial charge in [0.25, 0.3) is 0 Å². The van der Waals surface area contributed by atoms with Crippen LogP contribution in [0.5, 0.6) is 5.75 Å². The van der Waals surface area contributed by atoms with E-state index in [1.165, 1.54) is 0 Å². The number of likely N-dealkylation sites (tertiary alicyclic amines) is 1. The summed E-state index contributed by atoms with van der Waals surface area (Å²) in [5, 5.41) is 10.6. The molecule has 1 aliphatic heterocycles. The number of hydrogen-bond acceptors (Lipinski definition) is 7. The van der Waals surface area contributed by atoms with Crippen LogP contribution in [0.4, 0.5) is 22.0 Å². The number of carbonyl (C=O) groups excluding carboxylic acids is 2. The molecule has 2 fully saturated rings. The summed E-state index contributed by atoms with van der Waals surface area (Å²) in [6, 6.07) is 7.14. The lowest BCUT2D eigenvalue weighted by molar-refractivity contribution is 0.0968. The standard InChI is InChI=1S/C25H29N7O3/c1-15-9-10-32(13-15)25(34)29-21-11-20(18(12-26-21)22(33)16-7-8-16)28-19-6-4-5-17(23(19)35-3)24-27-14-31(2)30-24/h4-6,11-12,14-16H,7-10,13H2,1-3H3,(H2,26,28,29,34). The van der Waals surface area contributed by atoms with Crippen LogP contribution in [0.1, 0.15) is 36.5 Å². The van der Waals surface area contributed by atoms with Gasteiger partial charge in [-0.1, -0.05) is 13.0 Å². The molecule has 3 heterocycles. The number of anilines is 3. The number of ether oxygens (including phenoxy) is 1. The Labute approximate surface area is 203 Å². The molecule has 0 bridgehead atoms. The molecule has 1 aromatic carbocycles. The van der Waals surface area contributed by atoms with Gasteiger partial charge < -0.3 is 15.0 Å². The van der Waals surface area contributed by atoms with E-state index in [9.17, 15) is 9.59 Å². The fourth-order valence-corrected chi connectivity index (χ4v) is 4.34. The molecule has 0 spiro atoms. The zero-order valence-corrected chi connectivity index (χ0v) is 20.1. The van der Waals surface area contributed by atoms with Crippen LogP contribution in [0.3, 0.4) is 0 Å². The van der Waals surface area contributed by atoms with Crippen molar-refractivity contribution in [1.29, 1.82) is 0 Å². The maximum atomic E-state index is 13.0. The number of para-hydroxylation sites is 1. The van der Waals surface area contributed by atoms with Gasteiger partial charge in [-0.05, 0) is 37.3 Å². The summed E-state index contributed by atoms with van der Waals surface area (Å²) in [4.78, 5) is 36.2. The summed E-state index contributed by atoms with van der Waals surface area (Å²) in [6.45, 7) is 3.58. The monoisotopic (exact) mass is 475 g/mol. The number of Topliss-reactive ketones (excluding diaryl/α,β-unsaturated/α-hetero) is 1. The van der Waals surface area contributed by atoms with Gasteiger partial charge in [-0.3, -0.25) is 14.8 Å². The van der Waals surface area contributed by atoms with Gasteiger partial charge in [0.05, 0.1) is 29.6 Å². The number of rotatable bonds is 7. The van der Waals surface area contributed by atoms with Crippen LogP contribution in [-0.4, -0.2) is 56.7 Å². The third-order valence-corrected chi connectivity index (χ3v) is 6.39. The highest BCUT2D eigenvalue weighted by atomic mass is 16.5.